The number of aromatic nitrogens is 2. The average molecular weight is 432 g/mol. The number of benzene rings is 2. The van der Waals surface area contributed by atoms with Crippen LogP contribution in [0.5, 0.6) is 0 Å². The number of anilines is 1. The Labute approximate surface area is 188 Å². The molecule has 32 heavy (non-hydrogen) atoms. The highest BCUT2D eigenvalue weighted by Gasteiger charge is 2.25. The van der Waals surface area contributed by atoms with Crippen LogP contribution in [0.1, 0.15) is 29.9 Å². The topological polar surface area (TPSA) is 70.5 Å². The molecule has 2 aromatic carbocycles. The third-order valence-electron chi connectivity index (χ3n) is 5.61. The number of rotatable bonds is 6. The molecule has 0 saturated carbocycles. The van der Waals surface area contributed by atoms with E-state index in [9.17, 15) is 9.59 Å². The summed E-state index contributed by atoms with van der Waals surface area (Å²) in [6, 6.07) is 21.6. The van der Waals surface area contributed by atoms with Gasteiger partial charge in [0.15, 0.2) is 5.69 Å². The summed E-state index contributed by atoms with van der Waals surface area (Å²) in [5, 5.41) is 7.46. The summed E-state index contributed by atoms with van der Waals surface area (Å²) in [6.45, 7) is 7.49. The van der Waals surface area contributed by atoms with Crippen molar-refractivity contribution >= 4 is 17.6 Å². The first-order valence-electron chi connectivity index (χ1n) is 11.0. The molecule has 0 aliphatic carbocycles. The van der Waals surface area contributed by atoms with Gasteiger partial charge in [0.05, 0.1) is 5.69 Å². The van der Waals surface area contributed by atoms with E-state index in [1.807, 2.05) is 67.3 Å². The van der Waals surface area contributed by atoms with E-state index < -0.39 is 0 Å². The lowest BCUT2D eigenvalue weighted by Gasteiger charge is -2.34. The zero-order valence-corrected chi connectivity index (χ0v) is 18.6. The van der Waals surface area contributed by atoms with Gasteiger partial charge in [-0.3, -0.25) is 14.5 Å². The van der Waals surface area contributed by atoms with Gasteiger partial charge in [-0.25, -0.2) is 4.68 Å². The van der Waals surface area contributed by atoms with Crippen LogP contribution in [0.2, 0.25) is 0 Å². The highest BCUT2D eigenvalue weighted by molar-refractivity contribution is 5.96. The summed E-state index contributed by atoms with van der Waals surface area (Å²) in [7, 11) is 0. The maximum Gasteiger partial charge on any atom is 0.274 e. The molecule has 1 aromatic heterocycles. The van der Waals surface area contributed by atoms with Gasteiger partial charge in [-0.2, -0.15) is 5.10 Å². The Bertz CT molecular complexity index is 1050. The Morgan fingerprint density at radius 2 is 1.56 bits per heavy atom. The van der Waals surface area contributed by atoms with Crippen LogP contribution in [0.4, 0.5) is 5.82 Å². The molecule has 0 bridgehead atoms. The second-order valence-corrected chi connectivity index (χ2v) is 8.36. The molecule has 1 N–H and O–H groups in total. The van der Waals surface area contributed by atoms with Crippen molar-refractivity contribution in [1.29, 1.82) is 0 Å². The van der Waals surface area contributed by atoms with Gasteiger partial charge in [0.25, 0.3) is 5.91 Å². The molecule has 7 nitrogen and oxygen atoms in total. The van der Waals surface area contributed by atoms with E-state index >= 15 is 0 Å². The number of carbonyl (C=O) groups excluding carboxylic acids is 2. The van der Waals surface area contributed by atoms with Crippen LogP contribution in [0, 0.1) is 5.92 Å². The largest absolute Gasteiger partial charge is 0.335 e. The summed E-state index contributed by atoms with van der Waals surface area (Å²) in [5.41, 5.74) is 2.40. The van der Waals surface area contributed by atoms with E-state index in [2.05, 4.69) is 27.4 Å². The highest BCUT2D eigenvalue weighted by Crippen LogP contribution is 2.20. The first kappa shape index (κ1) is 21.8. The summed E-state index contributed by atoms with van der Waals surface area (Å²) in [4.78, 5) is 29.7. The molecule has 0 spiro atoms. The Morgan fingerprint density at radius 1 is 0.938 bits per heavy atom. The predicted molar refractivity (Wildman–Crippen MR) is 125 cm³/mol. The fourth-order valence-corrected chi connectivity index (χ4v) is 3.72. The molecular formula is C25H29N5O2. The molecule has 1 fully saturated rings. The average Bonchev–Trinajstić information content (AvgIpc) is 3.24. The van der Waals surface area contributed by atoms with Crippen molar-refractivity contribution in [2.45, 2.75) is 20.4 Å². The fourth-order valence-electron chi connectivity index (χ4n) is 3.72. The number of piperazine rings is 1. The van der Waals surface area contributed by atoms with Gasteiger partial charge in [-0.05, 0) is 17.7 Å². The molecule has 1 aliphatic rings. The van der Waals surface area contributed by atoms with E-state index in [0.717, 1.165) is 25.3 Å². The van der Waals surface area contributed by atoms with Crippen molar-refractivity contribution in [1.82, 2.24) is 19.6 Å². The van der Waals surface area contributed by atoms with Gasteiger partial charge in [0.2, 0.25) is 5.91 Å². The molecule has 166 valence electrons. The van der Waals surface area contributed by atoms with Gasteiger partial charge in [0.1, 0.15) is 5.82 Å². The van der Waals surface area contributed by atoms with E-state index in [1.165, 1.54) is 5.56 Å². The third-order valence-corrected chi connectivity index (χ3v) is 5.61. The van der Waals surface area contributed by atoms with Crippen LogP contribution < -0.4 is 5.32 Å². The van der Waals surface area contributed by atoms with Crippen molar-refractivity contribution in [3.63, 3.8) is 0 Å². The van der Waals surface area contributed by atoms with Gasteiger partial charge in [0, 0.05) is 44.7 Å². The second kappa shape index (κ2) is 9.78. The van der Waals surface area contributed by atoms with Crippen molar-refractivity contribution in [3.05, 3.63) is 78.0 Å². The maximum atomic E-state index is 13.2. The van der Waals surface area contributed by atoms with Crippen molar-refractivity contribution in [2.24, 2.45) is 5.92 Å². The minimum absolute atomic E-state index is 0.112. The van der Waals surface area contributed by atoms with E-state index in [-0.39, 0.29) is 17.7 Å². The van der Waals surface area contributed by atoms with E-state index in [1.54, 1.807) is 10.7 Å². The minimum Gasteiger partial charge on any atom is -0.335 e. The van der Waals surface area contributed by atoms with Crippen LogP contribution in [-0.2, 0) is 11.3 Å². The quantitative estimate of drug-likeness (QED) is 0.649. The Balaban J connectivity index is 1.47. The van der Waals surface area contributed by atoms with Crippen LogP contribution in [0.15, 0.2) is 66.7 Å². The van der Waals surface area contributed by atoms with Gasteiger partial charge < -0.3 is 10.2 Å². The molecule has 1 saturated heterocycles. The highest BCUT2D eigenvalue weighted by atomic mass is 16.2. The SMILES string of the molecule is CC(C)C(=O)Nc1cc(C(=O)N2CCN(Cc3ccccc3)CC2)nn1-c1ccccc1. The summed E-state index contributed by atoms with van der Waals surface area (Å²) < 4.78 is 1.62. The molecule has 3 aromatic rings. The zero-order chi connectivity index (χ0) is 22.5. The molecule has 2 heterocycles. The molecular weight excluding hydrogens is 402 g/mol. The monoisotopic (exact) mass is 431 g/mol. The molecule has 2 amide bonds. The van der Waals surface area contributed by atoms with Crippen molar-refractivity contribution in [2.75, 3.05) is 31.5 Å². The number of para-hydroxylation sites is 1. The third kappa shape index (κ3) is 5.06. The number of nitrogens with one attached hydrogen (secondary N) is 1. The lowest BCUT2D eigenvalue weighted by atomic mass is 10.2. The van der Waals surface area contributed by atoms with E-state index in [4.69, 9.17) is 0 Å². The number of amides is 2. The van der Waals surface area contributed by atoms with Gasteiger partial charge in [-0.1, -0.05) is 62.4 Å². The Kier molecular flexibility index (Phi) is 6.66. The Hall–Kier alpha value is -3.45. The van der Waals surface area contributed by atoms with Crippen LogP contribution >= 0.6 is 0 Å². The summed E-state index contributed by atoms with van der Waals surface area (Å²) in [6.07, 6.45) is 0. The molecule has 7 heteroatoms. The number of nitrogens with zero attached hydrogens (tertiary/aromatic N) is 4. The Morgan fingerprint density at radius 3 is 2.19 bits per heavy atom. The predicted octanol–water partition coefficient (Wildman–Crippen LogP) is 3.42. The first-order valence-corrected chi connectivity index (χ1v) is 11.0. The molecule has 4 rings (SSSR count). The molecule has 1 aliphatic heterocycles. The van der Waals surface area contributed by atoms with Crippen molar-refractivity contribution in [3.8, 4) is 5.69 Å². The smallest absolute Gasteiger partial charge is 0.274 e. The maximum absolute atomic E-state index is 13.2. The second-order valence-electron chi connectivity index (χ2n) is 8.36. The number of carbonyl (C=O) groups is 2. The van der Waals surface area contributed by atoms with Crippen LogP contribution in [-0.4, -0.2) is 57.6 Å². The van der Waals surface area contributed by atoms with Crippen LogP contribution in [0.3, 0.4) is 0 Å². The molecule has 0 radical (unpaired) electrons. The first-order chi connectivity index (χ1) is 15.5. The van der Waals surface area contributed by atoms with Gasteiger partial charge >= 0.3 is 0 Å². The summed E-state index contributed by atoms with van der Waals surface area (Å²) in [5.74, 6) is 0.0987. The minimum atomic E-state index is -0.175. The zero-order valence-electron chi connectivity index (χ0n) is 18.6. The summed E-state index contributed by atoms with van der Waals surface area (Å²) >= 11 is 0. The normalized spacial score (nSPS) is 14.5. The van der Waals surface area contributed by atoms with E-state index in [0.29, 0.717) is 24.6 Å². The van der Waals surface area contributed by atoms with Crippen LogP contribution in [0.25, 0.3) is 5.69 Å². The standard InChI is InChI=1S/C25H29N5O2/c1-19(2)24(31)26-23-17-22(27-30(23)21-11-7-4-8-12-21)25(32)29-15-13-28(14-16-29)18-20-9-5-3-6-10-20/h3-12,17,19H,13-16,18H2,1-2H3,(H,26,31). The number of hydrogen-bond donors (Lipinski definition) is 1. The fraction of sp³-hybridized carbons (Fsp3) is 0.320. The molecule has 0 atom stereocenters. The van der Waals surface area contributed by atoms with Gasteiger partial charge in [-0.15, -0.1) is 0 Å². The molecule has 0 unspecified atom stereocenters. The lowest BCUT2D eigenvalue weighted by Crippen LogP contribution is -2.48. The number of hydrogen-bond acceptors (Lipinski definition) is 4. The van der Waals surface area contributed by atoms with Crippen molar-refractivity contribution < 1.29 is 9.59 Å². The lowest BCUT2D eigenvalue weighted by molar-refractivity contribution is -0.118.